The number of nitrogens with one attached hydrogen (secondary N) is 1. The lowest BCUT2D eigenvalue weighted by molar-refractivity contribution is -0.141. The fraction of sp³-hybridized carbons (Fsp3) is 0.355. The van der Waals surface area contributed by atoms with Crippen LogP contribution in [0.4, 0.5) is 14.5 Å². The summed E-state index contributed by atoms with van der Waals surface area (Å²) >= 11 is 0. The van der Waals surface area contributed by atoms with Gasteiger partial charge in [0.1, 0.15) is 6.04 Å². The van der Waals surface area contributed by atoms with Crippen molar-refractivity contribution in [3.05, 3.63) is 101 Å². The van der Waals surface area contributed by atoms with Gasteiger partial charge in [-0.1, -0.05) is 54.6 Å². The van der Waals surface area contributed by atoms with E-state index in [1.165, 1.54) is 6.07 Å². The number of amides is 2. The summed E-state index contributed by atoms with van der Waals surface area (Å²) in [6, 6.07) is 18.9. The number of halogens is 2. The van der Waals surface area contributed by atoms with E-state index in [1.54, 1.807) is 4.90 Å². The van der Waals surface area contributed by atoms with Crippen LogP contribution in [0.15, 0.2) is 72.8 Å². The molecule has 0 aliphatic rings. The molecule has 0 aliphatic heterocycles. The Balaban J connectivity index is 1.89. The summed E-state index contributed by atoms with van der Waals surface area (Å²) in [4.78, 5) is 28.8. The van der Waals surface area contributed by atoms with Crippen LogP contribution in [0.2, 0.25) is 0 Å². The maximum atomic E-state index is 13.9. The van der Waals surface area contributed by atoms with Crippen molar-refractivity contribution in [2.24, 2.45) is 0 Å². The van der Waals surface area contributed by atoms with Crippen LogP contribution in [0.25, 0.3) is 0 Å². The third kappa shape index (κ3) is 9.11. The van der Waals surface area contributed by atoms with Gasteiger partial charge in [-0.2, -0.15) is 0 Å². The molecule has 3 rings (SSSR count). The molecule has 1 unspecified atom stereocenters. The molecule has 0 saturated heterocycles. The van der Waals surface area contributed by atoms with Gasteiger partial charge in [0.2, 0.25) is 21.8 Å². The second kappa shape index (κ2) is 14.2. The number of carbonyl (C=O) groups excluding carboxylic acids is 2. The number of aryl methyl sites for hydroxylation is 1. The Morgan fingerprint density at radius 1 is 0.927 bits per heavy atom. The Hall–Kier alpha value is -3.79. The second-order valence-electron chi connectivity index (χ2n) is 10.4. The summed E-state index contributed by atoms with van der Waals surface area (Å²) in [6.07, 6.45) is 1.29. The number of carbonyl (C=O) groups is 2. The molecular formula is C31H37F2N3O4S. The van der Waals surface area contributed by atoms with E-state index in [9.17, 15) is 26.8 Å². The zero-order chi connectivity index (χ0) is 30.2. The maximum Gasteiger partial charge on any atom is 0.243 e. The molecule has 3 aromatic rings. The predicted molar refractivity (Wildman–Crippen MR) is 157 cm³/mol. The lowest BCUT2D eigenvalue weighted by Crippen LogP contribution is -2.52. The van der Waals surface area contributed by atoms with E-state index in [4.69, 9.17) is 0 Å². The minimum atomic E-state index is -3.85. The molecule has 0 aromatic heterocycles. The van der Waals surface area contributed by atoms with Crippen molar-refractivity contribution in [2.45, 2.75) is 58.7 Å². The molecule has 1 N–H and O–H groups in total. The lowest BCUT2D eigenvalue weighted by Gasteiger charge is -2.33. The predicted octanol–water partition coefficient (Wildman–Crippen LogP) is 4.98. The molecule has 41 heavy (non-hydrogen) atoms. The molecule has 0 spiro atoms. The van der Waals surface area contributed by atoms with Crippen LogP contribution in [0, 0.1) is 18.6 Å². The van der Waals surface area contributed by atoms with Gasteiger partial charge in [0, 0.05) is 38.0 Å². The Labute approximate surface area is 241 Å². The highest BCUT2D eigenvalue weighted by molar-refractivity contribution is 7.92. The van der Waals surface area contributed by atoms with Crippen LogP contribution >= 0.6 is 0 Å². The van der Waals surface area contributed by atoms with Crippen molar-refractivity contribution in [2.75, 3.05) is 17.1 Å². The Morgan fingerprint density at radius 3 is 2.20 bits per heavy atom. The third-order valence-electron chi connectivity index (χ3n) is 6.65. The van der Waals surface area contributed by atoms with Crippen LogP contribution < -0.4 is 9.62 Å². The summed E-state index contributed by atoms with van der Waals surface area (Å²) in [6.45, 7) is 5.69. The minimum absolute atomic E-state index is 0.0334. The van der Waals surface area contributed by atoms with E-state index >= 15 is 0 Å². The summed E-state index contributed by atoms with van der Waals surface area (Å²) in [7, 11) is -3.85. The minimum Gasteiger partial charge on any atom is -0.352 e. The molecule has 0 bridgehead atoms. The Morgan fingerprint density at radius 2 is 1.59 bits per heavy atom. The van der Waals surface area contributed by atoms with Crippen LogP contribution in [-0.2, 0) is 32.6 Å². The van der Waals surface area contributed by atoms with Gasteiger partial charge in [-0.25, -0.2) is 17.2 Å². The van der Waals surface area contributed by atoms with Crippen LogP contribution in [0.1, 0.15) is 43.4 Å². The molecule has 3 aromatic carbocycles. The fourth-order valence-electron chi connectivity index (χ4n) is 4.55. The molecule has 0 saturated carbocycles. The lowest BCUT2D eigenvalue weighted by atomic mass is 10.0. The Bertz CT molecular complexity index is 1450. The number of hydrogen-bond acceptors (Lipinski definition) is 4. The van der Waals surface area contributed by atoms with Crippen LogP contribution in [0.3, 0.4) is 0 Å². The van der Waals surface area contributed by atoms with Crippen molar-refractivity contribution in [1.29, 1.82) is 0 Å². The van der Waals surface area contributed by atoms with Crippen molar-refractivity contribution in [1.82, 2.24) is 10.2 Å². The Kier molecular flexibility index (Phi) is 11.0. The first-order valence-electron chi connectivity index (χ1n) is 13.5. The van der Waals surface area contributed by atoms with Crippen LogP contribution in [0.5, 0.6) is 0 Å². The smallest absolute Gasteiger partial charge is 0.243 e. The molecule has 7 nitrogen and oxygen atoms in total. The molecule has 0 aliphatic carbocycles. The summed E-state index contributed by atoms with van der Waals surface area (Å²) in [5, 5.41) is 2.94. The van der Waals surface area contributed by atoms with Gasteiger partial charge < -0.3 is 10.2 Å². The summed E-state index contributed by atoms with van der Waals surface area (Å²) < 4.78 is 53.2. The fourth-order valence-corrected chi connectivity index (χ4v) is 5.51. The number of hydrogen-bond donors (Lipinski definition) is 1. The van der Waals surface area contributed by atoms with Gasteiger partial charge in [0.15, 0.2) is 11.6 Å². The first-order chi connectivity index (χ1) is 19.4. The highest BCUT2D eigenvalue weighted by atomic mass is 32.2. The maximum absolute atomic E-state index is 13.9. The van der Waals surface area contributed by atoms with Crippen LogP contribution in [-0.4, -0.2) is 50.0 Å². The van der Waals surface area contributed by atoms with E-state index in [1.807, 2.05) is 75.4 Å². The highest BCUT2D eigenvalue weighted by Crippen LogP contribution is 2.22. The van der Waals surface area contributed by atoms with Crippen molar-refractivity contribution >= 4 is 27.5 Å². The number of nitrogens with zero attached hydrogens (tertiary/aromatic N) is 2. The van der Waals surface area contributed by atoms with E-state index in [0.717, 1.165) is 39.4 Å². The molecule has 1 atom stereocenters. The monoisotopic (exact) mass is 585 g/mol. The zero-order valence-electron chi connectivity index (χ0n) is 23.8. The normalized spacial score (nSPS) is 12.2. The van der Waals surface area contributed by atoms with Crippen molar-refractivity contribution < 1.29 is 26.8 Å². The van der Waals surface area contributed by atoms with Gasteiger partial charge in [-0.15, -0.1) is 0 Å². The van der Waals surface area contributed by atoms with Gasteiger partial charge in [-0.3, -0.25) is 13.9 Å². The highest BCUT2D eigenvalue weighted by Gasteiger charge is 2.31. The molecule has 0 radical (unpaired) electrons. The molecule has 10 heteroatoms. The van der Waals surface area contributed by atoms with E-state index in [-0.39, 0.29) is 49.5 Å². The SMILES string of the molecule is Cc1ccccc1CN(C(=O)CCCN(c1ccc(F)c(F)c1)S(C)(=O)=O)C(Cc1ccccc1)C(=O)NC(C)C. The van der Waals surface area contributed by atoms with Gasteiger partial charge in [-0.05, 0) is 56.0 Å². The van der Waals surface area contributed by atoms with Crippen molar-refractivity contribution in [3.8, 4) is 0 Å². The molecule has 0 heterocycles. The van der Waals surface area contributed by atoms with Gasteiger partial charge >= 0.3 is 0 Å². The molecule has 220 valence electrons. The summed E-state index contributed by atoms with van der Waals surface area (Å²) in [5.74, 6) is -2.87. The zero-order valence-corrected chi connectivity index (χ0v) is 24.6. The quantitative estimate of drug-likeness (QED) is 0.307. The molecule has 0 fully saturated rings. The van der Waals surface area contributed by atoms with E-state index < -0.39 is 27.7 Å². The van der Waals surface area contributed by atoms with Gasteiger partial charge in [0.25, 0.3) is 0 Å². The summed E-state index contributed by atoms with van der Waals surface area (Å²) in [5.41, 5.74) is 2.71. The number of sulfonamides is 1. The number of anilines is 1. The first kappa shape index (κ1) is 31.7. The van der Waals surface area contributed by atoms with Crippen molar-refractivity contribution in [3.63, 3.8) is 0 Å². The standard InChI is InChI=1S/C31H37F2N3O4S/c1-22(2)34-31(38)29(19-24-12-6-5-7-13-24)35(21-25-14-9-8-11-23(25)3)30(37)15-10-18-36(41(4,39)40)26-16-17-27(32)28(33)20-26/h5-9,11-14,16-17,20,22,29H,10,15,18-19,21H2,1-4H3,(H,34,38). The topological polar surface area (TPSA) is 86.8 Å². The van der Waals surface area contributed by atoms with E-state index in [2.05, 4.69) is 5.32 Å². The van der Waals surface area contributed by atoms with E-state index in [0.29, 0.717) is 6.42 Å². The average Bonchev–Trinajstić information content (AvgIpc) is 2.90. The largest absolute Gasteiger partial charge is 0.352 e. The molecule has 2 amide bonds. The number of benzene rings is 3. The third-order valence-corrected chi connectivity index (χ3v) is 7.84. The molecular weight excluding hydrogens is 548 g/mol. The number of rotatable bonds is 13. The van der Waals surface area contributed by atoms with Gasteiger partial charge in [0.05, 0.1) is 11.9 Å². The second-order valence-corrected chi connectivity index (χ2v) is 12.3. The average molecular weight is 586 g/mol. The first-order valence-corrected chi connectivity index (χ1v) is 15.3.